The fourth-order valence-corrected chi connectivity index (χ4v) is 1.87. The minimum atomic E-state index is 0.0511. The molecule has 0 bridgehead atoms. The Kier molecular flexibility index (Phi) is 4.17. The third-order valence-corrected chi connectivity index (χ3v) is 3.07. The van der Waals surface area contributed by atoms with Gasteiger partial charge in [-0.25, -0.2) is 0 Å². The molecular formula is C12H19N3O2. The third-order valence-electron chi connectivity index (χ3n) is 3.07. The molecule has 1 aromatic heterocycles. The molecule has 0 aromatic carbocycles. The van der Waals surface area contributed by atoms with Crippen LogP contribution in [0, 0.1) is 0 Å². The number of hydrogen-bond acceptors (Lipinski definition) is 4. The summed E-state index contributed by atoms with van der Waals surface area (Å²) >= 11 is 0. The molecule has 1 aliphatic rings. The number of hydrogen-bond donors (Lipinski definition) is 2. The summed E-state index contributed by atoms with van der Waals surface area (Å²) in [6.45, 7) is 5.88. The van der Waals surface area contributed by atoms with Gasteiger partial charge < -0.3 is 15.1 Å². The van der Waals surface area contributed by atoms with E-state index in [1.165, 1.54) is 0 Å². The Morgan fingerprint density at radius 2 is 2.47 bits per heavy atom. The summed E-state index contributed by atoms with van der Waals surface area (Å²) in [5, 5.41) is 6.07. The Labute approximate surface area is 101 Å². The molecule has 1 fully saturated rings. The van der Waals surface area contributed by atoms with E-state index in [0.29, 0.717) is 19.1 Å². The average molecular weight is 237 g/mol. The molecule has 0 aliphatic carbocycles. The minimum Gasteiger partial charge on any atom is -0.467 e. The number of amides is 1. The van der Waals surface area contributed by atoms with Crippen molar-refractivity contribution in [2.45, 2.75) is 19.5 Å². The highest BCUT2D eigenvalue weighted by Gasteiger charge is 2.24. The van der Waals surface area contributed by atoms with Crippen LogP contribution in [-0.2, 0) is 11.3 Å². The summed E-state index contributed by atoms with van der Waals surface area (Å²) in [4.78, 5) is 13.9. The van der Waals surface area contributed by atoms with Crippen LogP contribution in [0.15, 0.2) is 22.8 Å². The van der Waals surface area contributed by atoms with Crippen molar-refractivity contribution in [1.82, 2.24) is 15.5 Å². The summed E-state index contributed by atoms with van der Waals surface area (Å²) < 4.78 is 5.16. The molecule has 5 heteroatoms. The minimum absolute atomic E-state index is 0.0511. The Morgan fingerprint density at radius 3 is 3.00 bits per heavy atom. The van der Waals surface area contributed by atoms with E-state index in [4.69, 9.17) is 4.42 Å². The fourth-order valence-electron chi connectivity index (χ4n) is 1.87. The number of carbonyl (C=O) groups excluding carboxylic acids is 1. The van der Waals surface area contributed by atoms with E-state index in [-0.39, 0.29) is 5.91 Å². The number of carbonyl (C=O) groups is 1. The van der Waals surface area contributed by atoms with Crippen LogP contribution in [0.25, 0.3) is 0 Å². The molecule has 1 saturated heterocycles. The van der Waals surface area contributed by atoms with Crippen molar-refractivity contribution < 1.29 is 9.21 Å². The van der Waals surface area contributed by atoms with Gasteiger partial charge in [0.15, 0.2) is 0 Å². The molecule has 1 amide bonds. The zero-order valence-corrected chi connectivity index (χ0v) is 10.1. The van der Waals surface area contributed by atoms with Crippen LogP contribution in [0.1, 0.15) is 12.7 Å². The second-order valence-electron chi connectivity index (χ2n) is 4.23. The number of furan rings is 1. The van der Waals surface area contributed by atoms with Crippen LogP contribution < -0.4 is 10.6 Å². The van der Waals surface area contributed by atoms with Crippen molar-refractivity contribution in [2.24, 2.45) is 0 Å². The maximum absolute atomic E-state index is 11.7. The third kappa shape index (κ3) is 3.31. The van der Waals surface area contributed by atoms with Crippen molar-refractivity contribution >= 4 is 5.91 Å². The van der Waals surface area contributed by atoms with Gasteiger partial charge in [0.05, 0.1) is 19.4 Å². The SMILES string of the molecule is CCN(CC(=O)NCc1ccco1)C1CNC1. The summed E-state index contributed by atoms with van der Waals surface area (Å²) in [7, 11) is 0. The van der Waals surface area contributed by atoms with Gasteiger partial charge in [-0.3, -0.25) is 9.69 Å². The van der Waals surface area contributed by atoms with Crippen molar-refractivity contribution in [3.63, 3.8) is 0 Å². The lowest BCUT2D eigenvalue weighted by molar-refractivity contribution is -0.123. The highest BCUT2D eigenvalue weighted by atomic mass is 16.3. The lowest BCUT2D eigenvalue weighted by atomic mass is 10.1. The number of nitrogens with one attached hydrogen (secondary N) is 2. The zero-order valence-electron chi connectivity index (χ0n) is 10.1. The average Bonchev–Trinajstić information content (AvgIpc) is 2.75. The second kappa shape index (κ2) is 5.84. The van der Waals surface area contributed by atoms with Gasteiger partial charge in [0, 0.05) is 19.1 Å². The Hall–Kier alpha value is -1.33. The maximum Gasteiger partial charge on any atom is 0.234 e. The van der Waals surface area contributed by atoms with E-state index in [1.807, 2.05) is 12.1 Å². The van der Waals surface area contributed by atoms with E-state index in [9.17, 15) is 4.79 Å². The summed E-state index contributed by atoms with van der Waals surface area (Å²) in [6.07, 6.45) is 1.61. The monoisotopic (exact) mass is 237 g/mol. The normalized spacial score (nSPS) is 15.9. The molecule has 1 aromatic rings. The molecule has 2 rings (SSSR count). The van der Waals surface area contributed by atoms with E-state index in [0.717, 1.165) is 25.4 Å². The quantitative estimate of drug-likeness (QED) is 0.741. The summed E-state index contributed by atoms with van der Waals surface area (Å²) in [5.74, 6) is 0.835. The first-order valence-corrected chi connectivity index (χ1v) is 6.03. The van der Waals surface area contributed by atoms with E-state index in [2.05, 4.69) is 22.5 Å². The van der Waals surface area contributed by atoms with Gasteiger partial charge >= 0.3 is 0 Å². The molecule has 0 radical (unpaired) electrons. The Balaban J connectivity index is 1.72. The first-order valence-electron chi connectivity index (χ1n) is 6.03. The number of rotatable bonds is 6. The number of likely N-dealkylation sites (N-methyl/N-ethyl adjacent to an activating group) is 1. The Bertz CT molecular complexity index is 347. The van der Waals surface area contributed by atoms with Crippen LogP contribution in [-0.4, -0.2) is 43.0 Å². The van der Waals surface area contributed by atoms with Crippen LogP contribution in [0.3, 0.4) is 0 Å². The van der Waals surface area contributed by atoms with E-state index in [1.54, 1.807) is 6.26 Å². The first-order chi connectivity index (χ1) is 8.29. The molecule has 0 atom stereocenters. The zero-order chi connectivity index (χ0) is 12.1. The van der Waals surface area contributed by atoms with Crippen LogP contribution in [0.5, 0.6) is 0 Å². The topological polar surface area (TPSA) is 57.5 Å². The van der Waals surface area contributed by atoms with E-state index < -0.39 is 0 Å². The highest BCUT2D eigenvalue weighted by molar-refractivity contribution is 5.78. The molecule has 17 heavy (non-hydrogen) atoms. The predicted octanol–water partition coefficient (Wildman–Crippen LogP) is 0.190. The van der Waals surface area contributed by atoms with Gasteiger partial charge in [0.2, 0.25) is 5.91 Å². The van der Waals surface area contributed by atoms with Gasteiger partial charge in [-0.05, 0) is 18.7 Å². The molecule has 2 N–H and O–H groups in total. The fraction of sp³-hybridized carbons (Fsp3) is 0.583. The maximum atomic E-state index is 11.7. The standard InChI is InChI=1S/C12H19N3O2/c1-2-15(10-6-13-7-10)9-12(16)14-8-11-4-3-5-17-11/h3-5,10,13H,2,6-9H2,1H3,(H,14,16). The predicted molar refractivity (Wildman–Crippen MR) is 64.5 cm³/mol. The molecule has 0 unspecified atom stereocenters. The lowest BCUT2D eigenvalue weighted by Gasteiger charge is -2.37. The number of nitrogens with zero attached hydrogens (tertiary/aromatic N) is 1. The van der Waals surface area contributed by atoms with Gasteiger partial charge in [-0.15, -0.1) is 0 Å². The van der Waals surface area contributed by atoms with Crippen LogP contribution in [0.2, 0.25) is 0 Å². The van der Waals surface area contributed by atoms with Gasteiger partial charge in [-0.1, -0.05) is 6.92 Å². The first kappa shape index (κ1) is 12.1. The van der Waals surface area contributed by atoms with Crippen LogP contribution >= 0.6 is 0 Å². The molecule has 1 aliphatic heterocycles. The largest absolute Gasteiger partial charge is 0.467 e. The van der Waals surface area contributed by atoms with Crippen molar-refractivity contribution in [3.8, 4) is 0 Å². The Morgan fingerprint density at radius 1 is 1.65 bits per heavy atom. The lowest BCUT2D eigenvalue weighted by Crippen LogP contribution is -2.58. The smallest absolute Gasteiger partial charge is 0.234 e. The van der Waals surface area contributed by atoms with Gasteiger partial charge in [0.1, 0.15) is 5.76 Å². The molecule has 0 spiro atoms. The summed E-state index contributed by atoms with van der Waals surface area (Å²) in [5.41, 5.74) is 0. The second-order valence-corrected chi connectivity index (χ2v) is 4.23. The van der Waals surface area contributed by atoms with Crippen molar-refractivity contribution in [3.05, 3.63) is 24.2 Å². The molecular weight excluding hydrogens is 218 g/mol. The van der Waals surface area contributed by atoms with E-state index >= 15 is 0 Å². The molecule has 0 saturated carbocycles. The van der Waals surface area contributed by atoms with Gasteiger partial charge in [0.25, 0.3) is 0 Å². The molecule has 5 nitrogen and oxygen atoms in total. The van der Waals surface area contributed by atoms with Crippen molar-refractivity contribution in [1.29, 1.82) is 0 Å². The van der Waals surface area contributed by atoms with Crippen molar-refractivity contribution in [2.75, 3.05) is 26.2 Å². The molecule has 2 heterocycles. The molecule has 94 valence electrons. The van der Waals surface area contributed by atoms with Gasteiger partial charge in [-0.2, -0.15) is 0 Å². The van der Waals surface area contributed by atoms with Crippen LogP contribution in [0.4, 0.5) is 0 Å². The summed E-state index contributed by atoms with van der Waals surface area (Å²) in [6, 6.07) is 4.18. The highest BCUT2D eigenvalue weighted by Crippen LogP contribution is 2.04.